The van der Waals surface area contributed by atoms with Crippen LogP contribution in [0.3, 0.4) is 0 Å². The van der Waals surface area contributed by atoms with Gasteiger partial charge in [-0.1, -0.05) is 68.8 Å². The molecular weight excluding hydrogens is 350 g/mol. The van der Waals surface area contributed by atoms with Crippen LogP contribution in [0.4, 0.5) is 5.69 Å². The summed E-state index contributed by atoms with van der Waals surface area (Å²) in [7, 11) is 1.65. The van der Waals surface area contributed by atoms with Gasteiger partial charge in [-0.3, -0.25) is 9.59 Å². The smallest absolute Gasteiger partial charge is 0.243 e. The molecule has 28 heavy (non-hydrogen) atoms. The molecule has 0 saturated heterocycles. The zero-order valence-corrected chi connectivity index (χ0v) is 17.5. The highest BCUT2D eigenvalue weighted by molar-refractivity contribution is 5.94. The van der Waals surface area contributed by atoms with Crippen molar-refractivity contribution in [1.82, 2.24) is 10.2 Å². The number of aryl methyl sites for hydroxylation is 1. The highest BCUT2D eigenvalue weighted by Gasteiger charge is 2.26. The lowest BCUT2D eigenvalue weighted by molar-refractivity contribution is -0.132. The van der Waals surface area contributed by atoms with E-state index in [1.165, 1.54) is 4.90 Å². The third kappa shape index (κ3) is 6.50. The van der Waals surface area contributed by atoms with Gasteiger partial charge in [0.2, 0.25) is 11.8 Å². The zero-order valence-electron chi connectivity index (χ0n) is 17.5. The number of hydrogen-bond acceptors (Lipinski definition) is 3. The fourth-order valence-electron chi connectivity index (χ4n) is 3.03. The number of rotatable bonds is 7. The molecular formula is C23H31N3O2. The summed E-state index contributed by atoms with van der Waals surface area (Å²) in [5.41, 5.74) is 2.94. The van der Waals surface area contributed by atoms with Crippen molar-refractivity contribution in [2.75, 3.05) is 25.5 Å². The average Bonchev–Trinajstić information content (AvgIpc) is 2.63. The van der Waals surface area contributed by atoms with E-state index in [4.69, 9.17) is 0 Å². The summed E-state index contributed by atoms with van der Waals surface area (Å²) in [6.07, 6.45) is 0. The van der Waals surface area contributed by atoms with E-state index in [0.29, 0.717) is 0 Å². The second-order valence-corrected chi connectivity index (χ2v) is 8.25. The summed E-state index contributed by atoms with van der Waals surface area (Å²) in [6.45, 7) is 8.60. The molecule has 5 nitrogen and oxygen atoms in total. The molecule has 0 spiro atoms. The van der Waals surface area contributed by atoms with Gasteiger partial charge in [0.05, 0.1) is 13.1 Å². The lowest BCUT2D eigenvalue weighted by atomic mass is 9.82. The van der Waals surface area contributed by atoms with Gasteiger partial charge in [-0.2, -0.15) is 0 Å². The van der Waals surface area contributed by atoms with Crippen LogP contribution in [0.25, 0.3) is 0 Å². The van der Waals surface area contributed by atoms with E-state index in [1.807, 2.05) is 49.4 Å². The van der Waals surface area contributed by atoms with E-state index in [1.54, 1.807) is 7.05 Å². The maximum absolute atomic E-state index is 12.5. The van der Waals surface area contributed by atoms with Gasteiger partial charge < -0.3 is 15.5 Å². The normalized spacial score (nSPS) is 12.3. The van der Waals surface area contributed by atoms with Gasteiger partial charge in [-0.25, -0.2) is 0 Å². The molecule has 1 atom stereocenters. The van der Waals surface area contributed by atoms with Gasteiger partial charge in [-0.05, 0) is 30.0 Å². The minimum atomic E-state index is -0.213. The lowest BCUT2D eigenvalue weighted by Gasteiger charge is -2.32. The molecule has 150 valence electrons. The molecule has 0 saturated carbocycles. The van der Waals surface area contributed by atoms with E-state index in [9.17, 15) is 9.59 Å². The van der Waals surface area contributed by atoms with Crippen LogP contribution in [-0.4, -0.2) is 36.9 Å². The molecule has 0 aliphatic heterocycles. The van der Waals surface area contributed by atoms with Crippen LogP contribution >= 0.6 is 0 Å². The van der Waals surface area contributed by atoms with Crippen molar-refractivity contribution in [3.8, 4) is 0 Å². The monoisotopic (exact) mass is 381 g/mol. The van der Waals surface area contributed by atoms with Gasteiger partial charge in [0, 0.05) is 18.8 Å². The predicted molar refractivity (Wildman–Crippen MR) is 114 cm³/mol. The highest BCUT2D eigenvalue weighted by Crippen LogP contribution is 2.32. The molecule has 2 aromatic carbocycles. The Morgan fingerprint density at radius 3 is 2.18 bits per heavy atom. The van der Waals surface area contributed by atoms with Crippen molar-refractivity contribution in [3.05, 3.63) is 65.7 Å². The number of carbonyl (C=O) groups excluding carboxylic acids is 2. The quantitative estimate of drug-likeness (QED) is 0.767. The topological polar surface area (TPSA) is 61.4 Å². The Morgan fingerprint density at radius 1 is 1.00 bits per heavy atom. The van der Waals surface area contributed by atoms with Crippen LogP contribution in [0.5, 0.6) is 0 Å². The number of nitrogens with zero attached hydrogens (tertiary/aromatic N) is 1. The number of carbonyl (C=O) groups is 2. The summed E-state index contributed by atoms with van der Waals surface area (Å²) in [4.78, 5) is 26.2. The first-order valence-corrected chi connectivity index (χ1v) is 9.55. The van der Waals surface area contributed by atoms with Crippen molar-refractivity contribution >= 4 is 17.5 Å². The number of benzene rings is 2. The summed E-state index contributed by atoms with van der Waals surface area (Å²) in [6, 6.07) is 17.7. The predicted octanol–water partition coefficient (Wildman–Crippen LogP) is 3.77. The first-order chi connectivity index (χ1) is 13.2. The Kier molecular flexibility index (Phi) is 7.35. The third-order valence-corrected chi connectivity index (χ3v) is 4.60. The molecule has 2 N–H and O–H groups in total. The van der Waals surface area contributed by atoms with Gasteiger partial charge in [0.1, 0.15) is 0 Å². The van der Waals surface area contributed by atoms with Crippen LogP contribution in [-0.2, 0) is 9.59 Å². The van der Waals surface area contributed by atoms with Gasteiger partial charge in [0.15, 0.2) is 0 Å². The summed E-state index contributed by atoms with van der Waals surface area (Å²) >= 11 is 0. The number of hydrogen-bond donors (Lipinski definition) is 2. The fraction of sp³-hybridized carbons (Fsp3) is 0.391. The summed E-state index contributed by atoms with van der Waals surface area (Å²) < 4.78 is 0. The molecule has 0 unspecified atom stereocenters. The second-order valence-electron chi connectivity index (χ2n) is 8.25. The van der Waals surface area contributed by atoms with Gasteiger partial charge >= 0.3 is 0 Å². The average molecular weight is 382 g/mol. The fourth-order valence-corrected chi connectivity index (χ4v) is 3.03. The Labute approximate surface area is 168 Å². The Hall–Kier alpha value is -2.66. The summed E-state index contributed by atoms with van der Waals surface area (Å²) in [5, 5.41) is 6.18. The lowest BCUT2D eigenvalue weighted by Crippen LogP contribution is -2.43. The largest absolute Gasteiger partial charge is 0.335 e. The second kappa shape index (κ2) is 9.51. The minimum Gasteiger partial charge on any atom is -0.335 e. The van der Waals surface area contributed by atoms with Crippen molar-refractivity contribution in [1.29, 1.82) is 0 Å². The van der Waals surface area contributed by atoms with Crippen molar-refractivity contribution in [3.63, 3.8) is 0 Å². The van der Waals surface area contributed by atoms with E-state index in [2.05, 4.69) is 43.5 Å². The summed E-state index contributed by atoms with van der Waals surface area (Å²) in [5.74, 6) is -0.334. The van der Waals surface area contributed by atoms with Crippen LogP contribution in [0.1, 0.15) is 37.9 Å². The minimum absolute atomic E-state index is 0.0138. The number of likely N-dealkylation sites (N-methyl/N-ethyl adjacent to an activating group) is 1. The Morgan fingerprint density at radius 2 is 1.61 bits per heavy atom. The first-order valence-electron chi connectivity index (χ1n) is 9.55. The van der Waals surface area contributed by atoms with E-state index in [-0.39, 0.29) is 36.4 Å². The zero-order chi connectivity index (χ0) is 20.7. The standard InChI is InChI=1S/C23H31N3O2/c1-17-11-13-19(14-12-17)25-20(27)16-26(5)21(28)15-24-22(23(2,3)4)18-9-7-6-8-10-18/h6-14,22,24H,15-16H2,1-5H3,(H,25,27)/t22-/m0/s1. The Bertz CT molecular complexity index is 780. The molecule has 5 heteroatoms. The van der Waals surface area contributed by atoms with Crippen molar-refractivity contribution < 1.29 is 9.59 Å². The molecule has 2 rings (SSSR count). The van der Waals surface area contributed by atoms with E-state index < -0.39 is 0 Å². The maximum atomic E-state index is 12.5. The SMILES string of the molecule is Cc1ccc(NC(=O)CN(C)C(=O)CN[C@@H](c2ccccc2)C(C)(C)C)cc1. The van der Waals surface area contributed by atoms with Crippen LogP contribution in [0.2, 0.25) is 0 Å². The van der Waals surface area contributed by atoms with E-state index >= 15 is 0 Å². The molecule has 0 heterocycles. The molecule has 2 aromatic rings. The van der Waals surface area contributed by atoms with Crippen molar-refractivity contribution in [2.45, 2.75) is 33.7 Å². The number of anilines is 1. The number of nitrogens with one attached hydrogen (secondary N) is 2. The van der Waals surface area contributed by atoms with Gasteiger partial charge in [-0.15, -0.1) is 0 Å². The van der Waals surface area contributed by atoms with Crippen LogP contribution in [0.15, 0.2) is 54.6 Å². The molecule has 0 aliphatic rings. The molecule has 0 radical (unpaired) electrons. The molecule has 0 fully saturated rings. The molecule has 2 amide bonds. The molecule has 0 aliphatic carbocycles. The van der Waals surface area contributed by atoms with E-state index in [0.717, 1.165) is 16.8 Å². The maximum Gasteiger partial charge on any atom is 0.243 e. The molecule has 0 aromatic heterocycles. The number of amides is 2. The van der Waals surface area contributed by atoms with Gasteiger partial charge in [0.25, 0.3) is 0 Å². The van der Waals surface area contributed by atoms with Crippen LogP contribution < -0.4 is 10.6 Å². The molecule has 0 bridgehead atoms. The third-order valence-electron chi connectivity index (χ3n) is 4.60. The Balaban J connectivity index is 1.90. The highest BCUT2D eigenvalue weighted by atomic mass is 16.2. The van der Waals surface area contributed by atoms with Crippen LogP contribution in [0, 0.1) is 12.3 Å². The first kappa shape index (κ1) is 21.6. The van der Waals surface area contributed by atoms with Crippen molar-refractivity contribution in [2.24, 2.45) is 5.41 Å².